The fourth-order valence-corrected chi connectivity index (χ4v) is 10.9. The van der Waals surface area contributed by atoms with Crippen LogP contribution in [0.4, 0.5) is 26.3 Å². The van der Waals surface area contributed by atoms with Crippen LogP contribution in [0.25, 0.3) is 0 Å². The zero-order valence-electron chi connectivity index (χ0n) is 64.4. The summed E-state index contributed by atoms with van der Waals surface area (Å²) in [5.74, 6) is 4.83. The van der Waals surface area contributed by atoms with Crippen molar-refractivity contribution in [3.8, 4) is 0 Å². The van der Waals surface area contributed by atoms with Gasteiger partial charge in [0, 0.05) is 32.7 Å². The third-order valence-electron chi connectivity index (χ3n) is 16.8. The second kappa shape index (κ2) is 42.9. The zero-order chi connectivity index (χ0) is 76.5. The van der Waals surface area contributed by atoms with Crippen molar-refractivity contribution < 1.29 is 26.3 Å². The first kappa shape index (κ1) is 91.7. The average Bonchev–Trinajstić information content (AvgIpc) is 0.888. The molecule has 0 radical (unpaired) electrons. The molecule has 2 heterocycles. The van der Waals surface area contributed by atoms with Crippen LogP contribution in [0.15, 0.2) is 128 Å². The van der Waals surface area contributed by atoms with Crippen molar-refractivity contribution in [3.63, 3.8) is 0 Å². The number of pyridine rings is 2. The van der Waals surface area contributed by atoms with Gasteiger partial charge in [-0.2, -0.15) is 26.3 Å². The third-order valence-corrected chi connectivity index (χ3v) is 18.7. The van der Waals surface area contributed by atoms with Crippen LogP contribution in [0.2, 0.25) is 25.2 Å². The lowest BCUT2D eigenvalue weighted by atomic mass is 9.92. The molecule has 2 aromatic heterocycles. The number of rotatable bonds is 10. The van der Waals surface area contributed by atoms with Gasteiger partial charge in [0.25, 0.3) is 0 Å². The van der Waals surface area contributed by atoms with Crippen LogP contribution in [0.1, 0.15) is 309 Å². The van der Waals surface area contributed by atoms with Gasteiger partial charge in [-0.25, -0.2) is 4.98 Å². The second-order valence-electron chi connectivity index (χ2n) is 28.7. The minimum absolute atomic E-state index is 0.122. The van der Waals surface area contributed by atoms with E-state index in [2.05, 4.69) is 208 Å². The third kappa shape index (κ3) is 32.2. The predicted octanol–water partition coefficient (Wildman–Crippen LogP) is 31.3. The number of hydrogen-bond acceptors (Lipinski definition) is 2. The largest absolute Gasteiger partial charge is 0.417 e. The van der Waals surface area contributed by atoms with E-state index >= 15 is 0 Å². The van der Waals surface area contributed by atoms with Gasteiger partial charge < -0.3 is 0 Å². The van der Waals surface area contributed by atoms with Gasteiger partial charge >= 0.3 is 12.4 Å². The number of alkyl halides is 6. The number of aromatic nitrogens is 2. The van der Waals surface area contributed by atoms with E-state index in [0.717, 1.165) is 54.8 Å². The SMILES string of the molecule is CC(C)c1ccc(C(F)(F)F)c(Cl)c1.Cc1c(Cl)cc(C(C)C)cc1C(C)C.Cc1cc(C)c(C(C)C)cc1Cl.Cc1ccc(C(C)C)cc1C(C)C.Cc1ccc(C(C)C)cc1C(F)(F)F.Cc1ccc(C(C)C)cc1Cl.Cc1ccc(C(C)C)cn1.Cc1ccc(C(C)C)nc1Cl. The molecule has 8 aromatic rings. The first-order valence-electron chi connectivity index (χ1n) is 34.6. The molecule has 0 saturated heterocycles. The van der Waals surface area contributed by atoms with E-state index in [-0.39, 0.29) is 22.4 Å². The van der Waals surface area contributed by atoms with E-state index in [1.54, 1.807) is 6.07 Å². The summed E-state index contributed by atoms with van der Waals surface area (Å²) in [6, 6.07) is 38.3. The minimum atomic E-state index is -4.37. The summed E-state index contributed by atoms with van der Waals surface area (Å²) in [4.78, 5) is 8.44. The van der Waals surface area contributed by atoms with E-state index in [4.69, 9.17) is 58.0 Å². The lowest BCUT2D eigenvalue weighted by Gasteiger charge is -2.15. The highest BCUT2D eigenvalue weighted by atomic mass is 35.5. The van der Waals surface area contributed by atoms with Crippen molar-refractivity contribution in [3.05, 3.63) is 264 Å². The molecule has 0 aliphatic rings. The number of nitrogens with zero attached hydrogens (tertiary/aromatic N) is 2. The standard InChI is InChI=1S/C13H19Cl.C13H20.C11H15Cl.C11H13F3.C10H10ClF3.C10H13Cl.C9H12ClN.C9H13N/c1-8(2)11-6-12(9(3)4)10(5)13(14)7-11;1-9(2)12-7-6-11(5)13(8-12)10(3)4;1-7(2)10-6-11(12)9(4)5-8(10)3;1-7(2)9-5-4-8(3)10(6-9)11(12,13)14;1-6(2)7-3-4-8(9(11)5-7)10(12,13)14;1-7(2)9-5-4-8(3)10(11)6-9;1-6(2)8-5-4-7(3)9(10)11-8;1-7(2)9-5-4-8(3)10-6-9/h6-9H,1-5H3;6-10H,1-5H3;5-7H,1-4H3;4-7H,1-3H3;3-6H,1-2H3;4-7H,1-3H3;4-6H,1-3H3;4-7H,1-3H3. The topological polar surface area (TPSA) is 25.8 Å². The van der Waals surface area contributed by atoms with Gasteiger partial charge in [-0.1, -0.05) is 269 Å². The summed E-state index contributed by atoms with van der Waals surface area (Å²) in [6.45, 7) is 58.6. The van der Waals surface area contributed by atoms with Gasteiger partial charge in [0.05, 0.1) is 16.1 Å². The molecule has 0 bridgehead atoms. The summed E-state index contributed by atoms with van der Waals surface area (Å²) in [6.07, 6.45) is -6.67. The first-order valence-corrected chi connectivity index (χ1v) is 36.5. The van der Waals surface area contributed by atoms with E-state index in [9.17, 15) is 26.3 Å². The monoisotopic (exact) mass is 1460 g/mol. The van der Waals surface area contributed by atoms with Gasteiger partial charge in [-0.05, 0) is 252 Å². The van der Waals surface area contributed by atoms with Crippen molar-refractivity contribution in [1.82, 2.24) is 9.97 Å². The smallest absolute Gasteiger partial charge is 0.261 e. The van der Waals surface area contributed by atoms with Crippen LogP contribution in [-0.4, -0.2) is 9.97 Å². The van der Waals surface area contributed by atoms with Crippen molar-refractivity contribution in [2.24, 2.45) is 0 Å². The molecule has 546 valence electrons. The number of hydrogen-bond donors (Lipinski definition) is 0. The van der Waals surface area contributed by atoms with Gasteiger partial charge in [0.1, 0.15) is 5.15 Å². The Hall–Kier alpha value is -5.35. The second-order valence-corrected chi connectivity index (χ2v) is 30.7. The van der Waals surface area contributed by atoms with Gasteiger partial charge in [-0.15, -0.1) is 0 Å². The highest BCUT2D eigenvalue weighted by Crippen LogP contribution is 2.37. The van der Waals surface area contributed by atoms with Crippen molar-refractivity contribution in [2.75, 3.05) is 0 Å². The lowest BCUT2D eigenvalue weighted by Crippen LogP contribution is -2.08. The predicted molar refractivity (Wildman–Crippen MR) is 421 cm³/mol. The van der Waals surface area contributed by atoms with Crippen molar-refractivity contribution in [2.45, 2.75) is 265 Å². The summed E-state index contributed by atoms with van der Waals surface area (Å²) >= 11 is 29.6. The maximum absolute atomic E-state index is 12.5. The molecule has 0 spiro atoms. The Morgan fingerprint density at radius 3 is 1.06 bits per heavy atom. The summed E-state index contributed by atoms with van der Waals surface area (Å²) < 4.78 is 74.4. The van der Waals surface area contributed by atoms with Crippen LogP contribution in [0.5, 0.6) is 0 Å². The molecule has 0 aliphatic carbocycles. The van der Waals surface area contributed by atoms with Gasteiger partial charge in [0.15, 0.2) is 0 Å². The molecule has 8 rings (SSSR count). The molecule has 0 amide bonds. The van der Waals surface area contributed by atoms with Crippen LogP contribution in [0, 0.1) is 55.4 Å². The first-order chi connectivity index (χ1) is 45.5. The quantitative estimate of drug-likeness (QED) is 0.101. The highest BCUT2D eigenvalue weighted by Gasteiger charge is 2.34. The van der Waals surface area contributed by atoms with Crippen LogP contribution in [-0.2, 0) is 12.4 Å². The van der Waals surface area contributed by atoms with E-state index in [1.165, 1.54) is 92.4 Å². The highest BCUT2D eigenvalue weighted by molar-refractivity contribution is 6.32. The Labute approximate surface area is 619 Å². The van der Waals surface area contributed by atoms with Gasteiger partial charge in [-0.3, -0.25) is 4.98 Å². The molecule has 0 N–H and O–H groups in total. The van der Waals surface area contributed by atoms with E-state index in [1.807, 2.05) is 79.8 Å². The summed E-state index contributed by atoms with van der Waals surface area (Å²) in [5, 5.41) is 3.04. The lowest BCUT2D eigenvalue weighted by molar-refractivity contribution is -0.138. The van der Waals surface area contributed by atoms with E-state index < -0.39 is 23.5 Å². The maximum atomic E-state index is 12.5. The minimum Gasteiger partial charge on any atom is -0.261 e. The summed E-state index contributed by atoms with van der Waals surface area (Å²) in [5.41, 5.74) is 19.6. The molecule has 0 fully saturated rings. The fourth-order valence-electron chi connectivity index (χ4n) is 9.81. The summed E-state index contributed by atoms with van der Waals surface area (Å²) in [7, 11) is 0. The van der Waals surface area contributed by atoms with Crippen molar-refractivity contribution in [1.29, 1.82) is 0 Å². The molecule has 6 aromatic carbocycles. The van der Waals surface area contributed by atoms with E-state index in [0.29, 0.717) is 52.5 Å². The maximum Gasteiger partial charge on any atom is 0.417 e. The molecule has 0 atom stereocenters. The fraction of sp³-hybridized carbons (Fsp3) is 0.465. The average molecular weight is 1470 g/mol. The van der Waals surface area contributed by atoms with Gasteiger partial charge in [0.2, 0.25) is 0 Å². The zero-order valence-corrected chi connectivity index (χ0v) is 68.2. The molecule has 0 aliphatic heterocycles. The van der Waals surface area contributed by atoms with Crippen LogP contribution in [0.3, 0.4) is 0 Å². The number of halogens is 11. The van der Waals surface area contributed by atoms with Crippen molar-refractivity contribution >= 4 is 58.0 Å². The van der Waals surface area contributed by atoms with Crippen LogP contribution < -0.4 is 0 Å². The Bertz CT molecular complexity index is 3670. The Balaban J connectivity index is 0.000000567. The normalized spacial score (nSPS) is 11.3. The molecule has 0 saturated carbocycles. The molecular formula is C86H115Cl5F6N2. The molecular weight excluding hydrogens is 1350 g/mol. The number of benzene rings is 6. The molecule has 99 heavy (non-hydrogen) atoms. The molecule has 0 unspecified atom stereocenters. The number of aryl methyl sites for hydroxylation is 7. The Morgan fingerprint density at radius 1 is 0.283 bits per heavy atom. The van der Waals surface area contributed by atoms with Crippen LogP contribution >= 0.6 is 58.0 Å². The Kier molecular flexibility index (Phi) is 39.7. The molecule has 13 heteroatoms. The Morgan fingerprint density at radius 2 is 0.657 bits per heavy atom. The molecule has 2 nitrogen and oxygen atoms in total.